The average Bonchev–Trinajstić information content (AvgIpc) is 3.14. The van der Waals surface area contributed by atoms with E-state index in [0.29, 0.717) is 28.6 Å². The number of benzene rings is 3. The van der Waals surface area contributed by atoms with E-state index in [1.165, 1.54) is 0 Å². The molecule has 0 aliphatic rings. The molecule has 0 unspecified atom stereocenters. The summed E-state index contributed by atoms with van der Waals surface area (Å²) in [5, 5.41) is 3.28. The number of nitrogens with one attached hydrogen (secondary N) is 2. The van der Waals surface area contributed by atoms with Gasteiger partial charge in [0.15, 0.2) is 0 Å². The molecule has 0 atom stereocenters. The first-order valence-electron chi connectivity index (χ1n) is 8.93. The number of carbonyl (C=O) groups excluding carboxylic acids is 1. The van der Waals surface area contributed by atoms with Crippen LogP contribution in [0.2, 0.25) is 5.02 Å². The molecule has 28 heavy (non-hydrogen) atoms. The number of nitrogens with zero attached hydrogens (tertiary/aromatic N) is 1. The maximum atomic E-state index is 12.5. The van der Waals surface area contributed by atoms with E-state index in [1.54, 1.807) is 18.2 Å². The molecule has 6 heteroatoms. The summed E-state index contributed by atoms with van der Waals surface area (Å²) in [6, 6.07) is 20.4. The number of hydrogen-bond donors (Lipinski definition) is 2. The smallest absolute Gasteiger partial charge is 0.255 e. The van der Waals surface area contributed by atoms with Crippen LogP contribution in [-0.4, -0.2) is 22.5 Å². The van der Waals surface area contributed by atoms with Crippen molar-refractivity contribution in [1.29, 1.82) is 0 Å². The van der Waals surface area contributed by atoms with Gasteiger partial charge in [0, 0.05) is 16.8 Å². The fourth-order valence-electron chi connectivity index (χ4n) is 2.92. The largest absolute Gasteiger partial charge is 0.492 e. The lowest BCUT2D eigenvalue weighted by molar-refractivity contribution is 0.102. The van der Waals surface area contributed by atoms with Gasteiger partial charge in [0.1, 0.15) is 11.6 Å². The summed E-state index contributed by atoms with van der Waals surface area (Å²) >= 11 is 6.16. The van der Waals surface area contributed by atoms with Gasteiger partial charge in [-0.2, -0.15) is 0 Å². The van der Waals surface area contributed by atoms with Crippen LogP contribution in [0.5, 0.6) is 5.75 Å². The van der Waals surface area contributed by atoms with Crippen molar-refractivity contribution in [1.82, 2.24) is 9.97 Å². The molecule has 3 aromatic carbocycles. The van der Waals surface area contributed by atoms with E-state index in [0.717, 1.165) is 22.4 Å². The monoisotopic (exact) mass is 391 g/mol. The third-order valence-corrected chi connectivity index (χ3v) is 4.59. The molecule has 0 saturated heterocycles. The number of aromatic amines is 1. The summed E-state index contributed by atoms with van der Waals surface area (Å²) in [4.78, 5) is 20.4. The number of amides is 1. The van der Waals surface area contributed by atoms with Crippen LogP contribution in [0.4, 0.5) is 5.69 Å². The zero-order valence-electron chi connectivity index (χ0n) is 15.2. The molecule has 0 aliphatic carbocycles. The van der Waals surface area contributed by atoms with Crippen LogP contribution in [0.15, 0.2) is 66.7 Å². The lowest BCUT2D eigenvalue weighted by atomic mass is 10.1. The quantitative estimate of drug-likeness (QED) is 0.469. The van der Waals surface area contributed by atoms with Crippen molar-refractivity contribution in [2.45, 2.75) is 6.92 Å². The molecule has 0 fully saturated rings. The lowest BCUT2D eigenvalue weighted by Gasteiger charge is -2.09. The highest BCUT2D eigenvalue weighted by Crippen LogP contribution is 2.26. The van der Waals surface area contributed by atoms with Gasteiger partial charge in [-0.3, -0.25) is 4.79 Å². The number of halogens is 1. The molecule has 140 valence electrons. The first-order chi connectivity index (χ1) is 13.6. The third-order valence-electron chi connectivity index (χ3n) is 4.30. The number of rotatable bonds is 5. The predicted octanol–water partition coefficient (Wildman–Crippen LogP) is 5.53. The van der Waals surface area contributed by atoms with E-state index < -0.39 is 0 Å². The molecular formula is C22H18ClN3O2. The molecule has 2 N–H and O–H groups in total. The van der Waals surface area contributed by atoms with Crippen molar-refractivity contribution in [3.63, 3.8) is 0 Å². The van der Waals surface area contributed by atoms with Gasteiger partial charge in [-0.1, -0.05) is 23.7 Å². The number of fused-ring (bicyclic) bond motifs is 1. The zero-order chi connectivity index (χ0) is 19.5. The van der Waals surface area contributed by atoms with Crippen LogP contribution in [0, 0.1) is 0 Å². The number of imidazole rings is 1. The van der Waals surface area contributed by atoms with Crippen molar-refractivity contribution < 1.29 is 9.53 Å². The predicted molar refractivity (Wildman–Crippen MR) is 112 cm³/mol. The lowest BCUT2D eigenvalue weighted by Crippen LogP contribution is -2.11. The molecule has 4 rings (SSSR count). The van der Waals surface area contributed by atoms with E-state index >= 15 is 0 Å². The molecule has 1 aromatic heterocycles. The Bertz CT molecular complexity index is 1100. The highest BCUT2D eigenvalue weighted by molar-refractivity contribution is 6.32. The number of aromatic nitrogens is 2. The number of para-hydroxylation sites is 2. The number of ether oxygens (including phenoxy) is 1. The van der Waals surface area contributed by atoms with Crippen molar-refractivity contribution >= 4 is 34.2 Å². The van der Waals surface area contributed by atoms with Gasteiger partial charge in [0.05, 0.1) is 22.7 Å². The summed E-state index contributed by atoms with van der Waals surface area (Å²) in [6.07, 6.45) is 0. The van der Waals surface area contributed by atoms with Gasteiger partial charge >= 0.3 is 0 Å². The highest BCUT2D eigenvalue weighted by Gasteiger charge is 2.10. The molecule has 4 aromatic rings. The van der Waals surface area contributed by atoms with E-state index in [1.807, 2.05) is 55.5 Å². The Balaban J connectivity index is 1.49. The molecule has 5 nitrogen and oxygen atoms in total. The first kappa shape index (κ1) is 18.1. The van der Waals surface area contributed by atoms with E-state index in [-0.39, 0.29) is 5.91 Å². The van der Waals surface area contributed by atoms with E-state index in [9.17, 15) is 4.79 Å². The van der Waals surface area contributed by atoms with Crippen molar-refractivity contribution in [3.8, 4) is 17.1 Å². The van der Waals surface area contributed by atoms with E-state index in [4.69, 9.17) is 16.3 Å². The minimum absolute atomic E-state index is 0.235. The molecule has 0 radical (unpaired) electrons. The second-order valence-electron chi connectivity index (χ2n) is 6.21. The van der Waals surface area contributed by atoms with E-state index in [2.05, 4.69) is 15.3 Å². The van der Waals surface area contributed by atoms with Crippen LogP contribution >= 0.6 is 11.6 Å². The Kier molecular flexibility index (Phi) is 5.00. The Labute approximate surface area is 167 Å². The first-order valence-corrected chi connectivity index (χ1v) is 9.30. The number of anilines is 1. The van der Waals surface area contributed by atoms with Crippen LogP contribution in [0.25, 0.3) is 22.4 Å². The van der Waals surface area contributed by atoms with Gasteiger partial charge in [-0.05, 0) is 61.5 Å². The summed E-state index contributed by atoms with van der Waals surface area (Å²) < 4.78 is 5.39. The second-order valence-corrected chi connectivity index (χ2v) is 6.62. The molecular weight excluding hydrogens is 374 g/mol. The second kappa shape index (κ2) is 7.74. The van der Waals surface area contributed by atoms with Gasteiger partial charge in [0.2, 0.25) is 0 Å². The summed E-state index contributed by atoms with van der Waals surface area (Å²) in [7, 11) is 0. The maximum absolute atomic E-state index is 12.5. The van der Waals surface area contributed by atoms with Crippen molar-refractivity contribution in [2.24, 2.45) is 0 Å². The summed E-state index contributed by atoms with van der Waals surface area (Å²) in [5.74, 6) is 1.12. The van der Waals surface area contributed by atoms with Crippen LogP contribution in [0.1, 0.15) is 17.3 Å². The van der Waals surface area contributed by atoms with Crippen LogP contribution < -0.4 is 10.1 Å². The maximum Gasteiger partial charge on any atom is 0.255 e. The molecule has 0 aliphatic heterocycles. The summed E-state index contributed by atoms with van der Waals surface area (Å²) in [5.41, 5.74) is 4.01. The van der Waals surface area contributed by atoms with Gasteiger partial charge < -0.3 is 15.0 Å². The minimum atomic E-state index is -0.235. The normalized spacial score (nSPS) is 10.8. The number of H-pyrrole nitrogens is 1. The van der Waals surface area contributed by atoms with Crippen molar-refractivity contribution in [3.05, 3.63) is 77.3 Å². The van der Waals surface area contributed by atoms with Gasteiger partial charge in [-0.15, -0.1) is 0 Å². The average molecular weight is 392 g/mol. The van der Waals surface area contributed by atoms with Gasteiger partial charge in [-0.25, -0.2) is 4.98 Å². The third kappa shape index (κ3) is 3.70. The fourth-order valence-corrected chi connectivity index (χ4v) is 3.15. The zero-order valence-corrected chi connectivity index (χ0v) is 16.0. The number of hydrogen-bond acceptors (Lipinski definition) is 3. The van der Waals surface area contributed by atoms with Crippen LogP contribution in [-0.2, 0) is 0 Å². The molecule has 0 spiro atoms. The number of carbonyl (C=O) groups is 1. The highest BCUT2D eigenvalue weighted by atomic mass is 35.5. The minimum Gasteiger partial charge on any atom is -0.492 e. The summed E-state index contributed by atoms with van der Waals surface area (Å²) in [6.45, 7) is 2.40. The molecule has 1 amide bonds. The SMILES string of the molecule is CCOc1ccc(C(=O)Nc2ccc(-c3nc4ccccc4[nH]3)cc2)cc1Cl. The van der Waals surface area contributed by atoms with Gasteiger partial charge in [0.25, 0.3) is 5.91 Å². The Hall–Kier alpha value is -3.31. The molecule has 1 heterocycles. The Morgan fingerprint density at radius 2 is 1.89 bits per heavy atom. The van der Waals surface area contributed by atoms with Crippen LogP contribution in [0.3, 0.4) is 0 Å². The Morgan fingerprint density at radius 3 is 2.61 bits per heavy atom. The molecule has 0 saturated carbocycles. The Morgan fingerprint density at radius 1 is 1.11 bits per heavy atom. The standard InChI is InChI=1S/C22H18ClN3O2/c1-2-28-20-12-9-15(13-17(20)23)22(27)24-16-10-7-14(8-11-16)21-25-18-5-3-4-6-19(18)26-21/h3-13H,2H2,1H3,(H,24,27)(H,25,26). The molecule has 0 bridgehead atoms. The van der Waals surface area contributed by atoms with Crippen molar-refractivity contribution in [2.75, 3.05) is 11.9 Å². The fraction of sp³-hybridized carbons (Fsp3) is 0.0909. The topological polar surface area (TPSA) is 67.0 Å².